The number of nitrogens with zero attached hydrogens (tertiary/aromatic N) is 4. The lowest BCUT2D eigenvalue weighted by Gasteiger charge is -2.23. The van der Waals surface area contributed by atoms with Gasteiger partial charge in [-0.15, -0.1) is 0 Å². The highest BCUT2D eigenvalue weighted by molar-refractivity contribution is 5.47. The van der Waals surface area contributed by atoms with E-state index in [1.807, 2.05) is 23.1 Å². The van der Waals surface area contributed by atoms with E-state index in [1.165, 1.54) is 24.1 Å². The maximum absolute atomic E-state index is 4.59. The SMILES string of the molecule is c1cc(C2CCCNC2)n2ncc(CCc3cnc[nH]3)c2n1. The first-order valence-corrected chi connectivity index (χ1v) is 7.91. The van der Waals surface area contributed by atoms with Gasteiger partial charge in [-0.2, -0.15) is 5.10 Å². The van der Waals surface area contributed by atoms with Crippen molar-refractivity contribution >= 4 is 5.65 Å². The zero-order valence-electron chi connectivity index (χ0n) is 12.5. The van der Waals surface area contributed by atoms with Gasteiger partial charge >= 0.3 is 0 Å². The van der Waals surface area contributed by atoms with E-state index in [4.69, 9.17) is 0 Å². The summed E-state index contributed by atoms with van der Waals surface area (Å²) >= 11 is 0. The molecule has 0 aliphatic carbocycles. The lowest BCUT2D eigenvalue weighted by molar-refractivity contribution is 0.448. The number of hydrogen-bond donors (Lipinski definition) is 2. The van der Waals surface area contributed by atoms with Gasteiger partial charge in [-0.3, -0.25) is 0 Å². The summed E-state index contributed by atoms with van der Waals surface area (Å²) in [6.45, 7) is 2.15. The fourth-order valence-electron chi connectivity index (χ4n) is 3.24. The third-order valence-electron chi connectivity index (χ3n) is 4.44. The van der Waals surface area contributed by atoms with E-state index in [0.29, 0.717) is 5.92 Å². The molecule has 1 saturated heterocycles. The minimum atomic E-state index is 0.527. The summed E-state index contributed by atoms with van der Waals surface area (Å²) in [6.07, 6.45) is 11.8. The number of aromatic amines is 1. The van der Waals surface area contributed by atoms with Crippen LogP contribution in [0, 0.1) is 0 Å². The molecule has 2 N–H and O–H groups in total. The molecular formula is C16H20N6. The second kappa shape index (κ2) is 5.88. The number of aromatic nitrogens is 5. The van der Waals surface area contributed by atoms with Gasteiger partial charge in [0.2, 0.25) is 0 Å². The van der Waals surface area contributed by atoms with Crippen molar-refractivity contribution in [1.82, 2.24) is 29.9 Å². The first-order chi connectivity index (χ1) is 10.9. The van der Waals surface area contributed by atoms with Crippen molar-refractivity contribution < 1.29 is 0 Å². The van der Waals surface area contributed by atoms with Crippen molar-refractivity contribution in [1.29, 1.82) is 0 Å². The van der Waals surface area contributed by atoms with Crippen LogP contribution in [0.4, 0.5) is 0 Å². The minimum Gasteiger partial charge on any atom is -0.348 e. The normalized spacial score (nSPS) is 18.8. The number of H-pyrrole nitrogens is 1. The van der Waals surface area contributed by atoms with Crippen molar-refractivity contribution in [2.45, 2.75) is 31.6 Å². The molecule has 1 fully saturated rings. The van der Waals surface area contributed by atoms with E-state index >= 15 is 0 Å². The topological polar surface area (TPSA) is 70.9 Å². The van der Waals surface area contributed by atoms with E-state index < -0.39 is 0 Å². The predicted octanol–water partition coefficient (Wildman–Crippen LogP) is 1.70. The van der Waals surface area contributed by atoms with E-state index in [9.17, 15) is 0 Å². The standard InChI is InChI=1S/C16H20N6/c1-2-12(8-17-6-1)15-5-7-19-16-13(9-21-22(15)16)3-4-14-10-18-11-20-14/h5,7,9-12,17H,1-4,6,8H2,(H,18,20). The maximum Gasteiger partial charge on any atom is 0.158 e. The molecule has 6 nitrogen and oxygen atoms in total. The van der Waals surface area contributed by atoms with E-state index in [-0.39, 0.29) is 0 Å². The van der Waals surface area contributed by atoms with Crippen LogP contribution in [-0.2, 0) is 12.8 Å². The van der Waals surface area contributed by atoms with Crippen LogP contribution in [0.15, 0.2) is 31.0 Å². The van der Waals surface area contributed by atoms with Crippen LogP contribution < -0.4 is 5.32 Å². The third-order valence-corrected chi connectivity index (χ3v) is 4.44. The van der Waals surface area contributed by atoms with Crippen LogP contribution in [0.5, 0.6) is 0 Å². The van der Waals surface area contributed by atoms with Crippen molar-refractivity contribution in [3.05, 3.63) is 47.9 Å². The van der Waals surface area contributed by atoms with Gasteiger partial charge < -0.3 is 10.3 Å². The largest absolute Gasteiger partial charge is 0.348 e. The van der Waals surface area contributed by atoms with Crippen LogP contribution in [0.2, 0.25) is 0 Å². The van der Waals surface area contributed by atoms with Gasteiger partial charge in [0, 0.05) is 36.1 Å². The summed E-state index contributed by atoms with van der Waals surface area (Å²) in [6, 6.07) is 2.11. The Balaban J connectivity index is 1.61. The summed E-state index contributed by atoms with van der Waals surface area (Å²) in [4.78, 5) is 11.8. The summed E-state index contributed by atoms with van der Waals surface area (Å²) in [5.41, 5.74) is 4.60. The quantitative estimate of drug-likeness (QED) is 0.769. The van der Waals surface area contributed by atoms with Crippen LogP contribution in [0.1, 0.15) is 35.7 Å². The van der Waals surface area contributed by atoms with Crippen LogP contribution in [-0.4, -0.2) is 37.7 Å². The van der Waals surface area contributed by atoms with Gasteiger partial charge in [-0.25, -0.2) is 14.5 Å². The molecule has 22 heavy (non-hydrogen) atoms. The number of nitrogens with one attached hydrogen (secondary N) is 2. The molecule has 0 bridgehead atoms. The van der Waals surface area contributed by atoms with Crippen LogP contribution in [0.3, 0.4) is 0 Å². The Labute approximate surface area is 129 Å². The Kier molecular flexibility index (Phi) is 3.60. The number of aryl methyl sites for hydroxylation is 2. The number of piperidine rings is 1. The fourth-order valence-corrected chi connectivity index (χ4v) is 3.24. The van der Waals surface area contributed by atoms with Gasteiger partial charge in [-0.05, 0) is 38.3 Å². The number of rotatable bonds is 4. The molecule has 1 aliphatic rings. The highest BCUT2D eigenvalue weighted by atomic mass is 15.3. The summed E-state index contributed by atoms with van der Waals surface area (Å²) in [5.74, 6) is 0.527. The lowest BCUT2D eigenvalue weighted by Crippen LogP contribution is -2.29. The Morgan fingerprint density at radius 3 is 3.09 bits per heavy atom. The summed E-state index contributed by atoms with van der Waals surface area (Å²) in [7, 11) is 0. The third kappa shape index (κ3) is 2.50. The molecule has 4 heterocycles. The van der Waals surface area contributed by atoms with Gasteiger partial charge in [0.25, 0.3) is 0 Å². The van der Waals surface area contributed by atoms with Gasteiger partial charge in [-0.1, -0.05) is 0 Å². The number of hydrogen-bond acceptors (Lipinski definition) is 4. The zero-order valence-corrected chi connectivity index (χ0v) is 12.5. The molecule has 114 valence electrons. The molecule has 1 unspecified atom stereocenters. The van der Waals surface area contributed by atoms with E-state index in [0.717, 1.165) is 37.3 Å². The first kappa shape index (κ1) is 13.5. The Bertz CT molecular complexity index is 739. The van der Waals surface area contributed by atoms with Crippen molar-refractivity contribution in [2.24, 2.45) is 0 Å². The second-order valence-electron chi connectivity index (χ2n) is 5.90. The molecule has 1 atom stereocenters. The molecule has 1 aliphatic heterocycles. The monoisotopic (exact) mass is 296 g/mol. The van der Waals surface area contributed by atoms with Crippen molar-refractivity contribution in [3.63, 3.8) is 0 Å². The first-order valence-electron chi connectivity index (χ1n) is 7.91. The van der Waals surface area contributed by atoms with Crippen LogP contribution in [0.25, 0.3) is 5.65 Å². The molecule has 6 heteroatoms. The predicted molar refractivity (Wildman–Crippen MR) is 83.8 cm³/mol. The zero-order chi connectivity index (χ0) is 14.8. The van der Waals surface area contributed by atoms with Crippen molar-refractivity contribution in [3.8, 4) is 0 Å². The average molecular weight is 296 g/mol. The molecule has 0 spiro atoms. The molecule has 0 radical (unpaired) electrons. The molecular weight excluding hydrogens is 276 g/mol. The smallest absolute Gasteiger partial charge is 0.158 e. The number of imidazole rings is 1. The molecule has 0 amide bonds. The van der Waals surface area contributed by atoms with Gasteiger partial charge in [0.15, 0.2) is 5.65 Å². The van der Waals surface area contributed by atoms with E-state index in [2.05, 4.69) is 31.4 Å². The van der Waals surface area contributed by atoms with Crippen LogP contribution >= 0.6 is 0 Å². The molecule has 4 rings (SSSR count). The maximum atomic E-state index is 4.59. The molecule has 0 saturated carbocycles. The summed E-state index contributed by atoms with van der Waals surface area (Å²) in [5, 5.41) is 8.07. The van der Waals surface area contributed by atoms with E-state index in [1.54, 1.807) is 6.33 Å². The molecule has 0 aromatic carbocycles. The fraction of sp³-hybridized carbons (Fsp3) is 0.438. The molecule has 3 aromatic rings. The number of fused-ring (bicyclic) bond motifs is 1. The molecule has 3 aromatic heterocycles. The van der Waals surface area contributed by atoms with Gasteiger partial charge in [0.1, 0.15) is 0 Å². The van der Waals surface area contributed by atoms with Crippen molar-refractivity contribution in [2.75, 3.05) is 13.1 Å². The Morgan fingerprint density at radius 2 is 2.27 bits per heavy atom. The highest BCUT2D eigenvalue weighted by Crippen LogP contribution is 2.24. The second-order valence-corrected chi connectivity index (χ2v) is 5.90. The highest BCUT2D eigenvalue weighted by Gasteiger charge is 2.19. The van der Waals surface area contributed by atoms with Gasteiger partial charge in [0.05, 0.1) is 18.2 Å². The Hall–Kier alpha value is -2.21. The Morgan fingerprint density at radius 1 is 1.27 bits per heavy atom. The average Bonchev–Trinajstić information content (AvgIpc) is 3.23. The summed E-state index contributed by atoms with van der Waals surface area (Å²) < 4.78 is 2.03. The minimum absolute atomic E-state index is 0.527. The lowest BCUT2D eigenvalue weighted by atomic mass is 9.96.